The Morgan fingerprint density at radius 3 is 2.59 bits per heavy atom. The van der Waals surface area contributed by atoms with Crippen molar-refractivity contribution < 1.29 is 12.9 Å². The van der Waals surface area contributed by atoms with Gasteiger partial charge < -0.3 is 14.0 Å². The number of nitrogens with zero attached hydrogens (tertiary/aromatic N) is 4. The van der Waals surface area contributed by atoms with E-state index >= 15 is 0 Å². The number of anilines is 1. The zero-order chi connectivity index (χ0) is 25.9. The van der Waals surface area contributed by atoms with Crippen molar-refractivity contribution in [3.63, 3.8) is 0 Å². The Hall–Kier alpha value is -2.55. The molecule has 0 bridgehead atoms. The van der Waals surface area contributed by atoms with Gasteiger partial charge in [-0.2, -0.15) is 0 Å². The normalized spacial score (nSPS) is 21.7. The highest BCUT2D eigenvalue weighted by atomic mass is 35.5. The van der Waals surface area contributed by atoms with Gasteiger partial charge in [-0.15, -0.1) is 0 Å². The molecule has 2 fully saturated rings. The standard InChI is InChI=1S/C27H28Cl2N4O3S/c1-16-26(17(2)36-31-16)18-7-10-24-23(13-18)30-27(33(24)20-5-4-12-37(34,35)15-20)25-6-3-11-32(25)19-8-9-21(28)22(29)14-19/h7-10,13-14,20,25H,3-6,11-12,15H2,1-2H3/t20?,25-/m0/s1. The number of benzene rings is 2. The van der Waals surface area contributed by atoms with Gasteiger partial charge in [0.15, 0.2) is 9.84 Å². The molecule has 0 aliphatic carbocycles. The second kappa shape index (κ2) is 9.33. The van der Waals surface area contributed by atoms with Gasteiger partial charge in [-0.3, -0.25) is 0 Å². The highest BCUT2D eigenvalue weighted by Crippen LogP contribution is 2.42. The molecule has 6 rings (SSSR count). The molecule has 7 nitrogen and oxygen atoms in total. The quantitative estimate of drug-likeness (QED) is 0.277. The van der Waals surface area contributed by atoms with E-state index in [0.717, 1.165) is 70.9 Å². The molecule has 2 aromatic carbocycles. The number of aryl methyl sites for hydroxylation is 2. The fraction of sp³-hybridized carbons (Fsp3) is 0.407. The minimum atomic E-state index is -3.11. The summed E-state index contributed by atoms with van der Waals surface area (Å²) < 4.78 is 33.0. The van der Waals surface area contributed by atoms with Crippen LogP contribution in [0.2, 0.25) is 10.0 Å². The van der Waals surface area contributed by atoms with Crippen molar-refractivity contribution in [3.8, 4) is 11.1 Å². The van der Waals surface area contributed by atoms with Crippen LogP contribution in [0.5, 0.6) is 0 Å². The van der Waals surface area contributed by atoms with Crippen LogP contribution in [0.25, 0.3) is 22.2 Å². The number of rotatable bonds is 4. The van der Waals surface area contributed by atoms with Crippen molar-refractivity contribution >= 4 is 49.8 Å². The summed E-state index contributed by atoms with van der Waals surface area (Å²) in [6.07, 6.45) is 3.38. The van der Waals surface area contributed by atoms with E-state index in [1.807, 2.05) is 32.0 Å². The van der Waals surface area contributed by atoms with Crippen molar-refractivity contribution in [2.75, 3.05) is 23.0 Å². The van der Waals surface area contributed by atoms with Gasteiger partial charge in [-0.1, -0.05) is 34.4 Å². The van der Waals surface area contributed by atoms with Crippen LogP contribution in [0.4, 0.5) is 5.69 Å². The highest BCUT2D eigenvalue weighted by molar-refractivity contribution is 7.91. The van der Waals surface area contributed by atoms with E-state index in [-0.39, 0.29) is 23.6 Å². The third kappa shape index (κ3) is 4.43. The smallest absolute Gasteiger partial charge is 0.152 e. The summed E-state index contributed by atoms with van der Waals surface area (Å²) in [5, 5.41) is 5.15. The summed E-state index contributed by atoms with van der Waals surface area (Å²) in [6, 6.07) is 11.7. The minimum Gasteiger partial charge on any atom is -0.361 e. The Labute approximate surface area is 226 Å². The van der Waals surface area contributed by atoms with E-state index in [0.29, 0.717) is 16.5 Å². The molecule has 0 amide bonds. The van der Waals surface area contributed by atoms with Crippen molar-refractivity contribution in [1.29, 1.82) is 0 Å². The molecular formula is C27H28Cl2N4O3S. The van der Waals surface area contributed by atoms with E-state index in [1.165, 1.54) is 0 Å². The van der Waals surface area contributed by atoms with Gasteiger partial charge in [0.2, 0.25) is 0 Å². The lowest BCUT2D eigenvalue weighted by molar-refractivity contribution is 0.393. The van der Waals surface area contributed by atoms with Gasteiger partial charge in [0.05, 0.1) is 44.3 Å². The average Bonchev–Trinajstić information content (AvgIpc) is 3.56. The molecule has 2 saturated heterocycles. The lowest BCUT2D eigenvalue weighted by Crippen LogP contribution is -2.31. The Bertz CT molecular complexity index is 1590. The third-order valence-corrected chi connectivity index (χ3v) is 10.2. The zero-order valence-corrected chi connectivity index (χ0v) is 23.1. The topological polar surface area (TPSA) is 81.2 Å². The van der Waals surface area contributed by atoms with Crippen LogP contribution in [-0.2, 0) is 9.84 Å². The summed E-state index contributed by atoms with van der Waals surface area (Å²) in [6.45, 7) is 4.70. The number of hydrogen-bond donors (Lipinski definition) is 0. The minimum absolute atomic E-state index is 0.00298. The van der Waals surface area contributed by atoms with Crippen molar-refractivity contribution in [1.82, 2.24) is 14.7 Å². The fourth-order valence-corrected chi connectivity index (χ4v) is 7.96. The molecule has 2 aromatic heterocycles. The highest BCUT2D eigenvalue weighted by Gasteiger charge is 2.35. The number of sulfone groups is 1. The second-order valence-corrected chi connectivity index (χ2v) is 13.1. The average molecular weight is 560 g/mol. The first-order valence-corrected chi connectivity index (χ1v) is 15.2. The molecule has 2 aliphatic heterocycles. The summed E-state index contributed by atoms with van der Waals surface area (Å²) in [5.74, 6) is 2.05. The number of hydrogen-bond acceptors (Lipinski definition) is 6. The molecule has 4 aromatic rings. The summed E-state index contributed by atoms with van der Waals surface area (Å²) >= 11 is 12.6. The molecule has 4 heterocycles. The zero-order valence-electron chi connectivity index (χ0n) is 20.7. The lowest BCUT2D eigenvalue weighted by Gasteiger charge is -2.31. The van der Waals surface area contributed by atoms with Crippen LogP contribution >= 0.6 is 23.2 Å². The van der Waals surface area contributed by atoms with Crippen LogP contribution in [0.15, 0.2) is 40.9 Å². The SMILES string of the molecule is Cc1noc(C)c1-c1ccc2c(c1)nc([C@@H]1CCCN1c1ccc(Cl)c(Cl)c1)n2C1CCCS(=O)(=O)C1. The fourth-order valence-electron chi connectivity index (χ4n) is 6.00. The molecule has 0 radical (unpaired) electrons. The van der Waals surface area contributed by atoms with E-state index in [2.05, 4.69) is 32.8 Å². The second-order valence-electron chi connectivity index (χ2n) is 10.1. The van der Waals surface area contributed by atoms with Crippen molar-refractivity contribution in [3.05, 3.63) is 63.7 Å². The van der Waals surface area contributed by atoms with Crippen LogP contribution in [-0.4, -0.2) is 41.2 Å². The number of fused-ring (bicyclic) bond motifs is 1. The van der Waals surface area contributed by atoms with Crippen molar-refractivity contribution in [2.45, 2.75) is 51.6 Å². The third-order valence-electron chi connectivity index (χ3n) is 7.63. The van der Waals surface area contributed by atoms with Crippen LogP contribution < -0.4 is 4.90 Å². The number of aromatic nitrogens is 3. The van der Waals surface area contributed by atoms with Crippen LogP contribution in [0.1, 0.15) is 55.0 Å². The van der Waals surface area contributed by atoms with E-state index < -0.39 is 9.84 Å². The largest absolute Gasteiger partial charge is 0.361 e. The summed E-state index contributed by atoms with van der Waals surface area (Å²) in [5.41, 5.74) is 5.57. The van der Waals surface area contributed by atoms with Gasteiger partial charge in [0.1, 0.15) is 11.6 Å². The monoisotopic (exact) mass is 558 g/mol. The van der Waals surface area contributed by atoms with Gasteiger partial charge >= 0.3 is 0 Å². The molecule has 10 heteroatoms. The molecular weight excluding hydrogens is 531 g/mol. The molecule has 1 unspecified atom stereocenters. The summed E-state index contributed by atoms with van der Waals surface area (Å²) in [7, 11) is -3.11. The Morgan fingerprint density at radius 2 is 1.86 bits per heavy atom. The molecule has 0 spiro atoms. The maximum atomic E-state index is 12.7. The Morgan fingerprint density at radius 1 is 1.03 bits per heavy atom. The van der Waals surface area contributed by atoms with E-state index in [9.17, 15) is 8.42 Å². The predicted octanol–water partition coefficient (Wildman–Crippen LogP) is 6.71. The summed E-state index contributed by atoms with van der Waals surface area (Å²) in [4.78, 5) is 7.49. The molecule has 0 N–H and O–H groups in total. The molecule has 0 saturated carbocycles. The maximum absolute atomic E-state index is 12.7. The molecule has 2 atom stereocenters. The number of imidazole rings is 1. The number of halogens is 2. The van der Waals surface area contributed by atoms with Gasteiger partial charge in [-0.25, -0.2) is 13.4 Å². The van der Waals surface area contributed by atoms with Gasteiger partial charge in [-0.05, 0) is 75.4 Å². The first-order chi connectivity index (χ1) is 17.7. The molecule has 2 aliphatic rings. The van der Waals surface area contributed by atoms with Crippen molar-refractivity contribution in [2.24, 2.45) is 0 Å². The van der Waals surface area contributed by atoms with Gasteiger partial charge in [0, 0.05) is 23.8 Å². The first-order valence-electron chi connectivity index (χ1n) is 12.6. The Balaban J connectivity index is 1.51. The van der Waals surface area contributed by atoms with E-state index in [1.54, 1.807) is 0 Å². The maximum Gasteiger partial charge on any atom is 0.152 e. The molecule has 194 valence electrons. The first kappa shape index (κ1) is 24.8. The lowest BCUT2D eigenvalue weighted by atomic mass is 10.0. The predicted molar refractivity (Wildman–Crippen MR) is 147 cm³/mol. The van der Waals surface area contributed by atoms with Gasteiger partial charge in [0.25, 0.3) is 0 Å². The van der Waals surface area contributed by atoms with Crippen LogP contribution in [0, 0.1) is 13.8 Å². The van der Waals surface area contributed by atoms with Crippen LogP contribution in [0.3, 0.4) is 0 Å². The molecule has 37 heavy (non-hydrogen) atoms. The Kier molecular flexibility index (Phi) is 6.24. The van der Waals surface area contributed by atoms with E-state index in [4.69, 9.17) is 32.7 Å².